The van der Waals surface area contributed by atoms with Crippen molar-refractivity contribution in [3.63, 3.8) is 0 Å². The summed E-state index contributed by atoms with van der Waals surface area (Å²) in [5.41, 5.74) is 3.48. The molecule has 3 heterocycles. The highest BCUT2D eigenvalue weighted by atomic mass is 32.2. The first-order valence-electron chi connectivity index (χ1n) is 11.6. The van der Waals surface area contributed by atoms with Gasteiger partial charge in [0.1, 0.15) is 11.6 Å². The summed E-state index contributed by atoms with van der Waals surface area (Å²) in [5.74, 6) is 0.941. The Morgan fingerprint density at radius 2 is 1.97 bits per heavy atom. The molecule has 1 amide bonds. The molecule has 0 aliphatic carbocycles. The van der Waals surface area contributed by atoms with Crippen molar-refractivity contribution < 1.29 is 13.9 Å². The number of piperazine rings is 1. The number of halogens is 1. The van der Waals surface area contributed by atoms with E-state index in [-0.39, 0.29) is 23.5 Å². The van der Waals surface area contributed by atoms with Crippen LogP contribution in [0.15, 0.2) is 52.7 Å². The molecule has 35 heavy (non-hydrogen) atoms. The second-order valence-corrected chi connectivity index (χ2v) is 9.86. The van der Waals surface area contributed by atoms with E-state index in [1.165, 1.54) is 18.2 Å². The minimum atomic E-state index is -0.311. The lowest BCUT2D eigenvalue weighted by atomic mass is 9.97. The van der Waals surface area contributed by atoms with E-state index in [1.807, 2.05) is 6.92 Å². The van der Waals surface area contributed by atoms with E-state index in [2.05, 4.69) is 22.5 Å². The summed E-state index contributed by atoms with van der Waals surface area (Å²) in [6.07, 6.45) is 1.33. The van der Waals surface area contributed by atoms with E-state index < -0.39 is 0 Å². The van der Waals surface area contributed by atoms with Crippen LogP contribution in [0.5, 0.6) is 0 Å². The number of benzene rings is 2. The zero-order valence-electron chi connectivity index (χ0n) is 19.8. The molecule has 0 radical (unpaired) electrons. The Kier molecular flexibility index (Phi) is 6.37. The van der Waals surface area contributed by atoms with Crippen LogP contribution >= 0.6 is 11.8 Å². The lowest BCUT2D eigenvalue weighted by molar-refractivity contribution is -0.126. The number of thioether (sulfide) groups is 1. The Hall–Kier alpha value is -3.17. The number of carbonyl (C=O) groups excluding carboxylic acids is 1. The molecular weight excluding hydrogens is 467 g/mol. The molecule has 7 nitrogen and oxygen atoms in total. The largest absolute Gasteiger partial charge is 0.383 e. The fraction of sp³-hybridized carbons (Fsp3) is 0.346. The summed E-state index contributed by atoms with van der Waals surface area (Å²) < 4.78 is 20.8. The highest BCUT2D eigenvalue weighted by Gasteiger charge is 2.31. The van der Waals surface area contributed by atoms with E-state index in [9.17, 15) is 14.0 Å². The quantitative estimate of drug-likeness (QED) is 0.505. The summed E-state index contributed by atoms with van der Waals surface area (Å²) in [6.45, 7) is 8.25. The van der Waals surface area contributed by atoms with Gasteiger partial charge in [0, 0.05) is 54.9 Å². The molecule has 2 aliphatic rings. The minimum absolute atomic E-state index is 0.0897. The smallest absolute Gasteiger partial charge is 0.350 e. The lowest BCUT2D eigenvalue weighted by Crippen LogP contribution is -2.49. The van der Waals surface area contributed by atoms with Crippen molar-refractivity contribution in [3.05, 3.63) is 64.9 Å². The van der Waals surface area contributed by atoms with Crippen LogP contribution in [0.1, 0.15) is 11.6 Å². The van der Waals surface area contributed by atoms with Crippen LogP contribution in [-0.4, -0.2) is 66.0 Å². The fourth-order valence-corrected chi connectivity index (χ4v) is 6.39. The molecule has 0 unspecified atom stereocenters. The highest BCUT2D eigenvalue weighted by Crippen LogP contribution is 2.45. The second kappa shape index (κ2) is 9.47. The second-order valence-electron chi connectivity index (χ2n) is 8.83. The summed E-state index contributed by atoms with van der Waals surface area (Å²) in [6, 6.07) is 8.42. The molecule has 1 atom stereocenters. The minimum Gasteiger partial charge on any atom is -0.383 e. The number of aryl methyl sites for hydroxylation is 1. The molecule has 182 valence electrons. The summed E-state index contributed by atoms with van der Waals surface area (Å²) in [5, 5.41) is 0.903. The number of ether oxygens (including phenoxy) is 1. The number of rotatable bonds is 5. The summed E-state index contributed by atoms with van der Waals surface area (Å²) >= 11 is 1.70. The zero-order chi connectivity index (χ0) is 24.7. The normalized spacial score (nSPS) is 17.6. The Bertz CT molecular complexity index is 1360. The Morgan fingerprint density at radius 1 is 1.26 bits per heavy atom. The molecule has 2 aliphatic heterocycles. The van der Waals surface area contributed by atoms with Crippen molar-refractivity contribution in [2.45, 2.75) is 17.9 Å². The van der Waals surface area contributed by atoms with Crippen molar-refractivity contribution in [1.82, 2.24) is 14.5 Å². The average Bonchev–Trinajstić information content (AvgIpc) is 2.87. The first-order valence-corrected chi connectivity index (χ1v) is 12.5. The van der Waals surface area contributed by atoms with Crippen molar-refractivity contribution in [2.75, 3.05) is 50.5 Å². The van der Waals surface area contributed by atoms with Gasteiger partial charge in [0.15, 0.2) is 0 Å². The number of aromatic nitrogens is 2. The van der Waals surface area contributed by atoms with Crippen LogP contribution in [0, 0.1) is 12.7 Å². The maximum Gasteiger partial charge on any atom is 0.350 e. The van der Waals surface area contributed by atoms with Gasteiger partial charge in [0.05, 0.1) is 18.2 Å². The van der Waals surface area contributed by atoms with Crippen molar-refractivity contribution in [3.8, 4) is 11.1 Å². The molecular formula is C26H27FN4O3S. The molecule has 0 spiro atoms. The molecule has 1 fully saturated rings. The molecule has 1 saturated heterocycles. The number of amides is 1. The third-order valence-electron chi connectivity index (χ3n) is 6.68. The molecule has 9 heteroatoms. The van der Waals surface area contributed by atoms with Gasteiger partial charge in [-0.1, -0.05) is 18.7 Å². The van der Waals surface area contributed by atoms with E-state index in [0.29, 0.717) is 44.4 Å². The lowest BCUT2D eigenvalue weighted by Gasteiger charge is -2.36. The van der Waals surface area contributed by atoms with E-state index in [1.54, 1.807) is 40.5 Å². The predicted molar refractivity (Wildman–Crippen MR) is 137 cm³/mol. The number of nitrogens with zero attached hydrogens (tertiary/aromatic N) is 4. The molecule has 0 bridgehead atoms. The van der Waals surface area contributed by atoms with Crippen LogP contribution in [0.2, 0.25) is 0 Å². The van der Waals surface area contributed by atoms with Crippen molar-refractivity contribution in [1.29, 1.82) is 0 Å². The molecule has 5 rings (SSSR count). The van der Waals surface area contributed by atoms with Crippen LogP contribution < -0.4 is 10.6 Å². The van der Waals surface area contributed by atoms with Crippen molar-refractivity contribution in [2.24, 2.45) is 0 Å². The van der Waals surface area contributed by atoms with Gasteiger partial charge >= 0.3 is 5.69 Å². The number of anilines is 1. The van der Waals surface area contributed by atoms with Crippen LogP contribution in [0.4, 0.5) is 10.2 Å². The standard InChI is InChI=1S/C26H27FN4O3S/c1-4-21(32)29-9-11-30(12-10-29)25-20-13-16(2)22(17-5-7-18(27)8-6-17)24-23(20)31(26(33)28-25)19(14-34-3)15-35-24/h4-8,13,19H,1,9-12,14-15H2,2-3H3/t19-/m0/s1. The van der Waals surface area contributed by atoms with Gasteiger partial charge in [-0.05, 0) is 42.3 Å². The number of carbonyl (C=O) groups is 1. The fourth-order valence-electron chi connectivity index (χ4n) is 5.02. The Labute approximate surface area is 207 Å². The number of methoxy groups -OCH3 is 1. The van der Waals surface area contributed by atoms with E-state index in [4.69, 9.17) is 4.74 Å². The topological polar surface area (TPSA) is 67.7 Å². The third kappa shape index (κ3) is 4.12. The SMILES string of the molecule is C=CC(=O)N1CCN(c2nc(=O)n3c4c(c(-c5ccc(F)cc5)c(C)cc24)SC[C@@H]3COC)CC1. The number of hydrogen-bond donors (Lipinski definition) is 0. The van der Waals surface area contributed by atoms with Crippen LogP contribution in [-0.2, 0) is 9.53 Å². The molecule has 2 aromatic carbocycles. The van der Waals surface area contributed by atoms with Gasteiger partial charge in [0.2, 0.25) is 5.91 Å². The van der Waals surface area contributed by atoms with Gasteiger partial charge in [-0.15, -0.1) is 11.8 Å². The zero-order valence-corrected chi connectivity index (χ0v) is 20.6. The monoisotopic (exact) mass is 494 g/mol. The van der Waals surface area contributed by atoms with Gasteiger partial charge in [-0.25, -0.2) is 9.18 Å². The maximum absolute atomic E-state index is 13.7. The van der Waals surface area contributed by atoms with Crippen LogP contribution in [0.3, 0.4) is 0 Å². The van der Waals surface area contributed by atoms with Gasteiger partial charge in [0.25, 0.3) is 0 Å². The van der Waals surface area contributed by atoms with Crippen LogP contribution in [0.25, 0.3) is 22.0 Å². The predicted octanol–water partition coefficient (Wildman–Crippen LogP) is 3.64. The third-order valence-corrected chi connectivity index (χ3v) is 7.92. The Morgan fingerprint density at radius 3 is 2.63 bits per heavy atom. The average molecular weight is 495 g/mol. The van der Waals surface area contributed by atoms with Gasteiger partial charge < -0.3 is 14.5 Å². The molecule has 3 aromatic rings. The first-order chi connectivity index (χ1) is 16.9. The van der Waals surface area contributed by atoms with Gasteiger partial charge in [-0.2, -0.15) is 4.98 Å². The molecule has 1 aromatic heterocycles. The van der Waals surface area contributed by atoms with E-state index in [0.717, 1.165) is 32.5 Å². The molecule has 0 N–H and O–H groups in total. The van der Waals surface area contributed by atoms with Crippen molar-refractivity contribution >= 4 is 34.4 Å². The van der Waals surface area contributed by atoms with Gasteiger partial charge in [-0.3, -0.25) is 9.36 Å². The number of hydrogen-bond acceptors (Lipinski definition) is 6. The first kappa shape index (κ1) is 23.6. The summed E-state index contributed by atoms with van der Waals surface area (Å²) in [7, 11) is 1.63. The van der Waals surface area contributed by atoms with E-state index >= 15 is 0 Å². The molecule has 0 saturated carbocycles. The maximum atomic E-state index is 13.7. The Balaban J connectivity index is 1.70. The highest BCUT2D eigenvalue weighted by molar-refractivity contribution is 7.99. The summed E-state index contributed by atoms with van der Waals surface area (Å²) in [4.78, 5) is 34.8.